The summed E-state index contributed by atoms with van der Waals surface area (Å²) in [6.45, 7) is 0. The summed E-state index contributed by atoms with van der Waals surface area (Å²) in [5.74, 6) is 0. The molecular formula is C90H56N10. The molecule has 7 heterocycles. The number of aromatic nitrogens is 6. The lowest BCUT2D eigenvalue weighted by Crippen LogP contribution is -2.10. The number of rotatable bonds is 12. The van der Waals surface area contributed by atoms with Gasteiger partial charge in [-0.1, -0.05) is 194 Å². The van der Waals surface area contributed by atoms with E-state index in [0.717, 1.165) is 188 Å². The van der Waals surface area contributed by atoms with Crippen LogP contribution in [0.2, 0.25) is 0 Å². The molecule has 100 heavy (non-hydrogen) atoms. The van der Waals surface area contributed by atoms with Crippen LogP contribution < -0.4 is 19.6 Å². The Bertz CT molecular complexity index is 6190. The number of anilines is 12. The van der Waals surface area contributed by atoms with Crippen molar-refractivity contribution in [2.24, 2.45) is 0 Å². The molecule has 14 aromatic carbocycles. The van der Waals surface area contributed by atoms with Crippen molar-refractivity contribution in [3.8, 4) is 0 Å². The Balaban J connectivity index is 0.993. The van der Waals surface area contributed by atoms with Crippen LogP contribution in [-0.2, 0) is 0 Å². The van der Waals surface area contributed by atoms with E-state index in [9.17, 15) is 0 Å². The molecule has 0 spiro atoms. The molecule has 0 radical (unpaired) electrons. The molecule has 0 fully saturated rings. The van der Waals surface area contributed by atoms with Crippen LogP contribution >= 0.6 is 0 Å². The van der Waals surface area contributed by atoms with E-state index >= 15 is 0 Å². The Labute approximate surface area is 573 Å². The highest BCUT2D eigenvalue weighted by molar-refractivity contribution is 6.41. The number of hydrogen-bond donors (Lipinski definition) is 0. The second-order valence-corrected chi connectivity index (χ2v) is 25.8. The predicted molar refractivity (Wildman–Crippen MR) is 416 cm³/mol. The van der Waals surface area contributed by atoms with Gasteiger partial charge in [0.25, 0.3) is 0 Å². The van der Waals surface area contributed by atoms with E-state index in [4.69, 9.17) is 19.9 Å². The van der Waals surface area contributed by atoms with Gasteiger partial charge in [0.05, 0.1) is 56.9 Å². The van der Waals surface area contributed by atoms with Gasteiger partial charge in [0.2, 0.25) is 0 Å². The third-order valence-corrected chi connectivity index (χ3v) is 20.2. The Hall–Kier alpha value is -13.7. The molecular weight excluding hydrogens is 1220 g/mol. The molecule has 466 valence electrons. The fourth-order valence-corrected chi connectivity index (χ4v) is 16.1. The summed E-state index contributed by atoms with van der Waals surface area (Å²) < 4.78 is 4.92. The van der Waals surface area contributed by atoms with Gasteiger partial charge in [-0.15, -0.1) is 0 Å². The average Bonchev–Trinajstić information content (AvgIpc) is 1.49. The average molecular weight is 1280 g/mol. The van der Waals surface area contributed by atoms with E-state index in [0.29, 0.717) is 0 Å². The molecule has 10 nitrogen and oxygen atoms in total. The van der Waals surface area contributed by atoms with Crippen LogP contribution in [0.3, 0.4) is 0 Å². The topological polar surface area (TPSA) is 73.3 Å². The standard InChI is InChI=1S/C90H56N10/c1-9-29-57(30-10-1)95(58-31-11-2-12-32-58)65-49-73-75-53-67(97(61-37-17-5-18-38-61)62-39-19-6-20-40-62)55-91-89(75)99-85(73)77(51-65)79-83-84(94-82-72-48-28-26-46-70(72)69-45-25-27-47-71(69)81(82)93-83)80-78-52-66(96(59-33-13-3-14-34-59)60-35-15-4-16-36-60)50-74-76-54-68(56-92-90(76)100(86(74)78)88(80)87(79)99)98(63-41-21-7-22-42-63)64-43-23-8-24-44-64/h1-56H. The molecule has 0 atom stereocenters. The zero-order valence-corrected chi connectivity index (χ0v) is 53.8. The monoisotopic (exact) mass is 1280 g/mol. The van der Waals surface area contributed by atoms with Gasteiger partial charge in [0.15, 0.2) is 0 Å². The van der Waals surface area contributed by atoms with E-state index < -0.39 is 0 Å². The maximum Gasteiger partial charge on any atom is 0.145 e. The lowest BCUT2D eigenvalue weighted by Gasteiger charge is -2.26. The highest BCUT2D eigenvalue weighted by atomic mass is 15.2. The second kappa shape index (κ2) is 21.9. The number of pyridine rings is 2. The fourth-order valence-electron chi connectivity index (χ4n) is 16.1. The Kier molecular flexibility index (Phi) is 12.2. The minimum Gasteiger partial charge on any atom is -0.310 e. The highest BCUT2D eigenvalue weighted by Gasteiger charge is 2.33. The smallest absolute Gasteiger partial charge is 0.145 e. The molecule has 0 amide bonds. The van der Waals surface area contributed by atoms with Crippen LogP contribution in [0.5, 0.6) is 0 Å². The lowest BCUT2D eigenvalue weighted by molar-refractivity contribution is 1.21. The van der Waals surface area contributed by atoms with Crippen LogP contribution in [0.15, 0.2) is 340 Å². The number of fused-ring (bicyclic) bond motifs is 22. The van der Waals surface area contributed by atoms with Gasteiger partial charge in [-0.25, -0.2) is 19.9 Å². The zero-order valence-electron chi connectivity index (χ0n) is 53.8. The van der Waals surface area contributed by atoms with Crippen LogP contribution in [0.1, 0.15) is 0 Å². The Morgan fingerprint density at radius 3 is 0.720 bits per heavy atom. The molecule has 21 aromatic rings. The molecule has 21 rings (SSSR count). The predicted octanol–water partition coefficient (Wildman–Crippen LogP) is 24.1. The molecule has 10 heteroatoms. The maximum atomic E-state index is 6.19. The molecule has 0 aliphatic rings. The first-order valence-electron chi connectivity index (χ1n) is 33.9. The van der Waals surface area contributed by atoms with Gasteiger partial charge >= 0.3 is 0 Å². The van der Waals surface area contributed by atoms with Crippen LogP contribution in [-0.4, -0.2) is 28.7 Å². The summed E-state index contributed by atoms with van der Waals surface area (Å²) in [4.78, 5) is 33.3. The maximum absolute atomic E-state index is 6.19. The van der Waals surface area contributed by atoms with Crippen molar-refractivity contribution in [3.63, 3.8) is 0 Å². The Morgan fingerprint density at radius 1 is 0.190 bits per heavy atom. The van der Waals surface area contributed by atoms with Crippen molar-refractivity contribution >= 4 is 188 Å². The van der Waals surface area contributed by atoms with Gasteiger partial charge in [0, 0.05) is 111 Å². The third kappa shape index (κ3) is 8.25. The van der Waals surface area contributed by atoms with E-state index in [2.05, 4.69) is 368 Å². The number of nitrogens with zero attached hydrogens (tertiary/aromatic N) is 10. The summed E-state index contributed by atoms with van der Waals surface area (Å²) in [5.41, 5.74) is 20.9. The molecule has 0 aliphatic carbocycles. The van der Waals surface area contributed by atoms with Gasteiger partial charge < -0.3 is 19.6 Å². The van der Waals surface area contributed by atoms with E-state index in [1.165, 1.54) is 0 Å². The summed E-state index contributed by atoms with van der Waals surface area (Å²) in [6.07, 6.45) is 4.10. The first-order valence-corrected chi connectivity index (χ1v) is 33.9. The Morgan fingerprint density at radius 2 is 0.430 bits per heavy atom. The van der Waals surface area contributed by atoms with Crippen LogP contribution in [0.25, 0.3) is 120 Å². The van der Waals surface area contributed by atoms with Crippen molar-refractivity contribution in [1.29, 1.82) is 0 Å². The van der Waals surface area contributed by atoms with Crippen molar-refractivity contribution in [2.75, 3.05) is 19.6 Å². The van der Waals surface area contributed by atoms with E-state index in [-0.39, 0.29) is 0 Å². The molecule has 0 aliphatic heterocycles. The normalized spacial score (nSPS) is 12.0. The van der Waals surface area contributed by atoms with Crippen molar-refractivity contribution < 1.29 is 0 Å². The van der Waals surface area contributed by atoms with Crippen LogP contribution in [0, 0.1) is 0 Å². The summed E-state index contributed by atoms with van der Waals surface area (Å²) >= 11 is 0. The molecule has 0 saturated heterocycles. The first-order chi connectivity index (χ1) is 49.7. The van der Waals surface area contributed by atoms with Gasteiger partial charge in [-0.3, -0.25) is 8.80 Å². The molecule has 0 N–H and O–H groups in total. The van der Waals surface area contributed by atoms with Crippen LogP contribution in [0.4, 0.5) is 68.2 Å². The first kappa shape index (κ1) is 55.6. The second-order valence-electron chi connectivity index (χ2n) is 25.8. The molecule has 0 bridgehead atoms. The van der Waals surface area contributed by atoms with E-state index in [1.54, 1.807) is 0 Å². The molecule has 0 unspecified atom stereocenters. The summed E-state index contributed by atoms with van der Waals surface area (Å²) in [5, 5.41) is 12.4. The SMILES string of the molecule is c1ccc(N(c2ccccc2)c2cnc3c(c2)c2cc(N(c4ccccc4)c4ccccc4)cc4c5c6nc7c8ccccc8c8ccccc8c7nc6c6c7cc(N(c8ccccc8)c8ccccc8)cc8c9cc(N(c%10ccccc%10)c%10ccccc%10)cnc9n(c87)c6c5n3c24)cc1. The third-order valence-electron chi connectivity index (χ3n) is 20.2. The lowest BCUT2D eigenvalue weighted by atomic mass is 9.98. The zero-order chi connectivity index (χ0) is 65.5. The minimum atomic E-state index is 0.798. The number of para-hydroxylation sites is 8. The van der Waals surface area contributed by atoms with Crippen molar-refractivity contribution in [1.82, 2.24) is 28.7 Å². The molecule has 7 aromatic heterocycles. The van der Waals surface area contributed by atoms with Gasteiger partial charge in [-0.2, -0.15) is 0 Å². The quantitative estimate of drug-likeness (QED) is 0.0885. The number of benzene rings is 14. The van der Waals surface area contributed by atoms with Gasteiger partial charge in [-0.05, 0) is 144 Å². The van der Waals surface area contributed by atoms with Crippen molar-refractivity contribution in [2.45, 2.75) is 0 Å². The largest absolute Gasteiger partial charge is 0.310 e. The summed E-state index contributed by atoms with van der Waals surface area (Å²) in [7, 11) is 0. The molecule has 0 saturated carbocycles. The fraction of sp³-hybridized carbons (Fsp3) is 0. The summed E-state index contributed by atoms with van der Waals surface area (Å²) in [6, 6.07) is 117. The van der Waals surface area contributed by atoms with E-state index in [1.807, 2.05) is 0 Å². The minimum absolute atomic E-state index is 0.798. The highest BCUT2D eigenvalue weighted by Crippen LogP contribution is 2.54. The number of hydrogen-bond acceptors (Lipinski definition) is 8. The van der Waals surface area contributed by atoms with Gasteiger partial charge in [0.1, 0.15) is 22.3 Å². The van der Waals surface area contributed by atoms with Crippen molar-refractivity contribution in [3.05, 3.63) is 340 Å².